The number of hydrazine groups is 1. The van der Waals surface area contributed by atoms with E-state index in [2.05, 4.69) is 43.5 Å². The number of ether oxygens (including phenoxy) is 1. The van der Waals surface area contributed by atoms with Gasteiger partial charge in [0.05, 0.1) is 11.6 Å². The third-order valence-electron chi connectivity index (χ3n) is 4.04. The number of fused-ring (bicyclic) bond motifs is 1. The zero-order chi connectivity index (χ0) is 13.2. The lowest BCUT2D eigenvalue weighted by Gasteiger charge is -2.39. The van der Waals surface area contributed by atoms with Crippen molar-refractivity contribution in [2.75, 3.05) is 6.61 Å². The number of benzene rings is 1. The summed E-state index contributed by atoms with van der Waals surface area (Å²) in [5, 5.41) is 0. The van der Waals surface area contributed by atoms with E-state index in [-0.39, 0.29) is 11.6 Å². The van der Waals surface area contributed by atoms with Crippen molar-refractivity contribution in [3.8, 4) is 0 Å². The van der Waals surface area contributed by atoms with Gasteiger partial charge in [-0.05, 0) is 50.7 Å². The summed E-state index contributed by atoms with van der Waals surface area (Å²) < 4.78 is 5.80. The fraction of sp³-hybridized carbons (Fsp3) is 0.600. The summed E-state index contributed by atoms with van der Waals surface area (Å²) >= 11 is 0. The van der Waals surface area contributed by atoms with Crippen molar-refractivity contribution in [2.45, 2.75) is 51.2 Å². The maximum atomic E-state index is 5.80. The summed E-state index contributed by atoms with van der Waals surface area (Å²) in [7, 11) is 0. The Morgan fingerprint density at radius 3 is 2.78 bits per heavy atom. The lowest BCUT2D eigenvalue weighted by Crippen LogP contribution is -2.52. The summed E-state index contributed by atoms with van der Waals surface area (Å²) in [6.45, 7) is 6.94. The Hall–Kier alpha value is -0.900. The first-order valence-electron chi connectivity index (χ1n) is 6.76. The van der Waals surface area contributed by atoms with Crippen LogP contribution >= 0.6 is 0 Å². The predicted molar refractivity (Wildman–Crippen MR) is 74.3 cm³/mol. The van der Waals surface area contributed by atoms with Gasteiger partial charge >= 0.3 is 0 Å². The second-order valence-electron chi connectivity index (χ2n) is 5.59. The molecule has 0 amide bonds. The van der Waals surface area contributed by atoms with Gasteiger partial charge in [-0.2, -0.15) is 0 Å². The van der Waals surface area contributed by atoms with E-state index in [0.717, 1.165) is 12.8 Å². The van der Waals surface area contributed by atoms with E-state index in [1.807, 2.05) is 6.92 Å². The molecule has 1 aromatic rings. The second-order valence-corrected chi connectivity index (χ2v) is 5.59. The van der Waals surface area contributed by atoms with Crippen molar-refractivity contribution in [3.05, 3.63) is 35.4 Å². The predicted octanol–water partition coefficient (Wildman–Crippen LogP) is 2.36. The van der Waals surface area contributed by atoms with Crippen molar-refractivity contribution in [1.29, 1.82) is 0 Å². The average molecular weight is 248 g/mol. The second kappa shape index (κ2) is 5.39. The average Bonchev–Trinajstić information content (AvgIpc) is 2.30. The monoisotopic (exact) mass is 248 g/mol. The summed E-state index contributed by atoms with van der Waals surface area (Å²) in [5.74, 6) is 6.32. The molecule has 18 heavy (non-hydrogen) atoms. The van der Waals surface area contributed by atoms with Crippen molar-refractivity contribution >= 4 is 0 Å². The van der Waals surface area contributed by atoms with Crippen LogP contribution in [0.1, 0.15) is 44.2 Å². The van der Waals surface area contributed by atoms with E-state index in [0.29, 0.717) is 12.5 Å². The molecule has 0 saturated heterocycles. The number of nitrogens with one attached hydrogen (secondary N) is 1. The quantitative estimate of drug-likeness (QED) is 0.600. The normalized spacial score (nSPS) is 20.1. The summed E-state index contributed by atoms with van der Waals surface area (Å²) in [6.07, 6.45) is 2.19. The van der Waals surface area contributed by atoms with E-state index in [1.54, 1.807) is 0 Å². The van der Waals surface area contributed by atoms with Crippen molar-refractivity contribution in [2.24, 2.45) is 5.84 Å². The Bertz CT molecular complexity index is 403. The van der Waals surface area contributed by atoms with Gasteiger partial charge in [-0.1, -0.05) is 24.3 Å². The van der Waals surface area contributed by atoms with Gasteiger partial charge in [-0.15, -0.1) is 0 Å². The van der Waals surface area contributed by atoms with E-state index < -0.39 is 0 Å². The van der Waals surface area contributed by atoms with E-state index in [4.69, 9.17) is 10.6 Å². The van der Waals surface area contributed by atoms with Crippen LogP contribution in [0.15, 0.2) is 24.3 Å². The van der Waals surface area contributed by atoms with Crippen LogP contribution < -0.4 is 11.3 Å². The van der Waals surface area contributed by atoms with Crippen LogP contribution in [0.3, 0.4) is 0 Å². The Kier molecular flexibility index (Phi) is 4.05. The van der Waals surface area contributed by atoms with Crippen LogP contribution in [-0.4, -0.2) is 18.2 Å². The maximum Gasteiger partial charge on any atom is 0.0792 e. The van der Waals surface area contributed by atoms with Crippen LogP contribution in [0.2, 0.25) is 0 Å². The minimum Gasteiger partial charge on any atom is -0.374 e. The van der Waals surface area contributed by atoms with Gasteiger partial charge < -0.3 is 4.74 Å². The highest BCUT2D eigenvalue weighted by atomic mass is 16.5. The molecule has 1 aliphatic carbocycles. The molecule has 2 unspecified atom stereocenters. The molecule has 0 aliphatic heterocycles. The number of hydrogen-bond donors (Lipinski definition) is 2. The Morgan fingerprint density at radius 2 is 2.17 bits per heavy atom. The zero-order valence-corrected chi connectivity index (χ0v) is 11.6. The Balaban J connectivity index is 2.01. The molecular weight excluding hydrogens is 224 g/mol. The molecule has 0 radical (unpaired) electrons. The van der Waals surface area contributed by atoms with Crippen LogP contribution in [0.4, 0.5) is 0 Å². The van der Waals surface area contributed by atoms with Crippen molar-refractivity contribution in [3.63, 3.8) is 0 Å². The lowest BCUT2D eigenvalue weighted by molar-refractivity contribution is -0.0421. The number of nitrogens with two attached hydrogens (primary N) is 1. The van der Waals surface area contributed by atoms with Gasteiger partial charge in [0.25, 0.3) is 0 Å². The van der Waals surface area contributed by atoms with Crippen molar-refractivity contribution in [1.82, 2.24) is 5.43 Å². The molecule has 3 N–H and O–H groups in total. The summed E-state index contributed by atoms with van der Waals surface area (Å²) in [5.41, 5.74) is 5.66. The lowest BCUT2D eigenvalue weighted by atomic mass is 9.73. The van der Waals surface area contributed by atoms with E-state index in [1.165, 1.54) is 11.1 Å². The van der Waals surface area contributed by atoms with Crippen molar-refractivity contribution < 1.29 is 4.74 Å². The van der Waals surface area contributed by atoms with E-state index in [9.17, 15) is 0 Å². The Labute approximate surface area is 110 Å². The molecule has 1 aliphatic rings. The van der Waals surface area contributed by atoms with Gasteiger partial charge in [0.15, 0.2) is 0 Å². The van der Waals surface area contributed by atoms with Gasteiger partial charge in [0.1, 0.15) is 0 Å². The highest BCUT2D eigenvalue weighted by Gasteiger charge is 2.35. The molecule has 0 fully saturated rings. The largest absolute Gasteiger partial charge is 0.374 e. The van der Waals surface area contributed by atoms with Crippen LogP contribution in [0, 0.1) is 0 Å². The highest BCUT2D eigenvalue weighted by molar-refractivity contribution is 5.40. The SMILES string of the molecule is CCOC(C)(C)C(CC1Cc2ccccc21)NN. The number of rotatable bonds is 6. The molecule has 2 rings (SSSR count). The van der Waals surface area contributed by atoms with E-state index >= 15 is 0 Å². The molecular formula is C15H24N2O. The first kappa shape index (κ1) is 13.5. The van der Waals surface area contributed by atoms with Crippen LogP contribution in [-0.2, 0) is 11.2 Å². The first-order chi connectivity index (χ1) is 8.58. The highest BCUT2D eigenvalue weighted by Crippen LogP contribution is 2.39. The number of hydrogen-bond acceptors (Lipinski definition) is 3. The third-order valence-corrected chi connectivity index (χ3v) is 4.04. The molecule has 2 atom stereocenters. The van der Waals surface area contributed by atoms with Crippen LogP contribution in [0.25, 0.3) is 0 Å². The molecule has 1 aromatic carbocycles. The Morgan fingerprint density at radius 1 is 1.44 bits per heavy atom. The zero-order valence-electron chi connectivity index (χ0n) is 11.6. The van der Waals surface area contributed by atoms with Gasteiger partial charge in [0, 0.05) is 6.61 Å². The fourth-order valence-electron chi connectivity index (χ4n) is 2.88. The fourth-order valence-corrected chi connectivity index (χ4v) is 2.88. The topological polar surface area (TPSA) is 47.3 Å². The first-order valence-corrected chi connectivity index (χ1v) is 6.76. The molecule has 0 bridgehead atoms. The minimum atomic E-state index is -0.228. The van der Waals surface area contributed by atoms with Gasteiger partial charge in [-0.25, -0.2) is 0 Å². The molecule has 0 saturated carbocycles. The molecule has 3 nitrogen and oxygen atoms in total. The molecule has 100 valence electrons. The molecule has 0 heterocycles. The van der Waals surface area contributed by atoms with Gasteiger partial charge in [-0.3, -0.25) is 11.3 Å². The third kappa shape index (κ3) is 2.58. The smallest absolute Gasteiger partial charge is 0.0792 e. The van der Waals surface area contributed by atoms with Gasteiger partial charge in [0.2, 0.25) is 0 Å². The maximum absolute atomic E-state index is 5.80. The molecule has 0 aromatic heterocycles. The minimum absolute atomic E-state index is 0.177. The van der Waals surface area contributed by atoms with Crippen LogP contribution in [0.5, 0.6) is 0 Å². The molecule has 3 heteroatoms. The summed E-state index contributed by atoms with van der Waals surface area (Å²) in [4.78, 5) is 0. The summed E-state index contributed by atoms with van der Waals surface area (Å²) in [6, 6.07) is 8.84. The molecule has 0 spiro atoms. The standard InChI is InChI=1S/C15H24N2O/c1-4-18-15(2,3)14(17-16)10-12-9-11-7-5-6-8-13(11)12/h5-8,12,14,17H,4,9-10,16H2,1-3H3.